The molecule has 2 rings (SSSR count). The van der Waals surface area contributed by atoms with E-state index in [4.69, 9.17) is 16.3 Å². The Bertz CT molecular complexity index is 809. The maximum atomic E-state index is 13.4. The van der Waals surface area contributed by atoms with Gasteiger partial charge in [-0.1, -0.05) is 44.5 Å². The lowest BCUT2D eigenvalue weighted by molar-refractivity contribution is -0.166. The Hall–Kier alpha value is -2.20. The maximum absolute atomic E-state index is 13.4. The SMILES string of the molecule is CC(C(Cc1ccc(Cl)cc1)C(=O)NC(C(=O)NCCN1CCOCC1)C(C)(C)C)N(O)C=O. The fourth-order valence-corrected chi connectivity index (χ4v) is 3.95. The highest BCUT2D eigenvalue weighted by Gasteiger charge is 2.37. The predicted molar refractivity (Wildman–Crippen MR) is 129 cm³/mol. The summed E-state index contributed by atoms with van der Waals surface area (Å²) in [5, 5.41) is 16.8. The van der Waals surface area contributed by atoms with Crippen LogP contribution >= 0.6 is 11.6 Å². The number of carbonyl (C=O) groups is 3. The predicted octanol–water partition coefficient (Wildman–Crippen LogP) is 1.71. The van der Waals surface area contributed by atoms with E-state index in [1.807, 2.05) is 20.8 Å². The van der Waals surface area contributed by atoms with Crippen LogP contribution in [-0.4, -0.2) is 84.9 Å². The second-order valence-corrected chi connectivity index (χ2v) is 10.2. The van der Waals surface area contributed by atoms with Crippen LogP contribution < -0.4 is 10.6 Å². The minimum absolute atomic E-state index is 0.255. The molecule has 1 heterocycles. The highest BCUT2D eigenvalue weighted by molar-refractivity contribution is 6.30. The molecule has 1 aromatic rings. The van der Waals surface area contributed by atoms with Crippen molar-refractivity contribution in [1.82, 2.24) is 20.6 Å². The van der Waals surface area contributed by atoms with Crippen molar-refractivity contribution in [3.8, 4) is 0 Å². The zero-order valence-electron chi connectivity index (χ0n) is 20.4. The van der Waals surface area contributed by atoms with Gasteiger partial charge in [0.05, 0.1) is 25.2 Å². The van der Waals surface area contributed by atoms with Crippen molar-refractivity contribution in [3.63, 3.8) is 0 Å². The Labute approximate surface area is 206 Å². The number of hydroxylamine groups is 2. The highest BCUT2D eigenvalue weighted by Crippen LogP contribution is 2.23. The molecule has 9 nitrogen and oxygen atoms in total. The van der Waals surface area contributed by atoms with Crippen LogP contribution in [0.5, 0.6) is 0 Å². The van der Waals surface area contributed by atoms with Gasteiger partial charge in [0.2, 0.25) is 18.2 Å². The molecule has 3 unspecified atom stereocenters. The van der Waals surface area contributed by atoms with Crippen LogP contribution in [0.1, 0.15) is 33.3 Å². The lowest BCUT2D eigenvalue weighted by Crippen LogP contribution is -2.57. The van der Waals surface area contributed by atoms with Gasteiger partial charge < -0.3 is 15.4 Å². The summed E-state index contributed by atoms with van der Waals surface area (Å²) in [6, 6.07) is 5.40. The van der Waals surface area contributed by atoms with Gasteiger partial charge in [-0.2, -0.15) is 0 Å². The van der Waals surface area contributed by atoms with Gasteiger partial charge in [-0.3, -0.25) is 24.5 Å². The summed E-state index contributed by atoms with van der Waals surface area (Å²) in [7, 11) is 0. The van der Waals surface area contributed by atoms with Crippen molar-refractivity contribution >= 4 is 29.8 Å². The molecule has 1 aliphatic rings. The van der Waals surface area contributed by atoms with Crippen LogP contribution in [-0.2, 0) is 25.5 Å². The average molecular weight is 497 g/mol. The molecule has 0 radical (unpaired) electrons. The van der Waals surface area contributed by atoms with E-state index in [-0.39, 0.29) is 18.7 Å². The van der Waals surface area contributed by atoms with Crippen LogP contribution in [0.3, 0.4) is 0 Å². The van der Waals surface area contributed by atoms with Gasteiger partial charge in [0.15, 0.2) is 0 Å². The first-order valence-corrected chi connectivity index (χ1v) is 12.0. The van der Waals surface area contributed by atoms with E-state index in [9.17, 15) is 19.6 Å². The van der Waals surface area contributed by atoms with Gasteiger partial charge in [0.25, 0.3) is 0 Å². The topological polar surface area (TPSA) is 111 Å². The first-order chi connectivity index (χ1) is 16.0. The van der Waals surface area contributed by atoms with Crippen molar-refractivity contribution in [2.24, 2.45) is 11.3 Å². The molecule has 0 spiro atoms. The van der Waals surface area contributed by atoms with Gasteiger partial charge in [-0.25, -0.2) is 5.06 Å². The smallest absolute Gasteiger partial charge is 0.243 e. The summed E-state index contributed by atoms with van der Waals surface area (Å²) in [6.45, 7) is 11.4. The molecule has 190 valence electrons. The number of amides is 3. The Morgan fingerprint density at radius 2 is 1.82 bits per heavy atom. The maximum Gasteiger partial charge on any atom is 0.243 e. The Kier molecular flexibility index (Phi) is 10.8. The molecule has 1 aromatic carbocycles. The average Bonchev–Trinajstić information content (AvgIpc) is 2.80. The molecular weight excluding hydrogens is 460 g/mol. The zero-order chi connectivity index (χ0) is 25.3. The molecular formula is C24H37ClN4O5. The Balaban J connectivity index is 2.10. The molecule has 10 heteroatoms. The summed E-state index contributed by atoms with van der Waals surface area (Å²) in [6.07, 6.45) is 0.525. The van der Waals surface area contributed by atoms with E-state index in [1.54, 1.807) is 31.2 Å². The first-order valence-electron chi connectivity index (χ1n) is 11.6. The zero-order valence-corrected chi connectivity index (χ0v) is 21.2. The number of carbonyl (C=O) groups excluding carboxylic acids is 3. The summed E-state index contributed by atoms with van der Waals surface area (Å²) < 4.78 is 5.34. The van der Waals surface area contributed by atoms with E-state index in [2.05, 4.69) is 15.5 Å². The van der Waals surface area contributed by atoms with Crippen molar-refractivity contribution in [2.45, 2.75) is 46.2 Å². The molecule has 34 heavy (non-hydrogen) atoms. The third-order valence-corrected chi connectivity index (χ3v) is 6.31. The van der Waals surface area contributed by atoms with Gasteiger partial charge in [-0.15, -0.1) is 0 Å². The van der Waals surface area contributed by atoms with Gasteiger partial charge in [0, 0.05) is 31.2 Å². The number of benzene rings is 1. The van der Waals surface area contributed by atoms with E-state index >= 15 is 0 Å². The van der Waals surface area contributed by atoms with Gasteiger partial charge >= 0.3 is 0 Å². The number of hydrogen-bond donors (Lipinski definition) is 3. The highest BCUT2D eigenvalue weighted by atomic mass is 35.5. The molecule has 0 saturated carbocycles. The molecule has 3 N–H and O–H groups in total. The number of ether oxygens (including phenoxy) is 1. The number of nitrogens with zero attached hydrogens (tertiary/aromatic N) is 2. The third kappa shape index (κ3) is 8.54. The molecule has 0 aliphatic carbocycles. The van der Waals surface area contributed by atoms with Crippen molar-refractivity contribution in [3.05, 3.63) is 34.9 Å². The Morgan fingerprint density at radius 3 is 2.38 bits per heavy atom. The summed E-state index contributed by atoms with van der Waals surface area (Å²) in [4.78, 5) is 39.8. The quantitative estimate of drug-likeness (QED) is 0.244. The number of hydrogen-bond acceptors (Lipinski definition) is 6. The largest absolute Gasteiger partial charge is 0.379 e. The molecule has 1 fully saturated rings. The first kappa shape index (κ1) is 28.0. The van der Waals surface area contributed by atoms with Crippen LogP contribution in [0, 0.1) is 11.3 Å². The van der Waals surface area contributed by atoms with Crippen molar-refractivity contribution in [2.75, 3.05) is 39.4 Å². The van der Waals surface area contributed by atoms with Crippen LogP contribution in [0.15, 0.2) is 24.3 Å². The molecule has 1 aliphatic heterocycles. The second kappa shape index (κ2) is 13.0. The molecule has 0 bridgehead atoms. The van der Waals surface area contributed by atoms with Gasteiger partial charge in [0.1, 0.15) is 6.04 Å². The lowest BCUT2D eigenvalue weighted by atomic mass is 9.84. The van der Waals surface area contributed by atoms with Crippen LogP contribution in [0.2, 0.25) is 5.02 Å². The minimum Gasteiger partial charge on any atom is -0.379 e. The van der Waals surface area contributed by atoms with Crippen molar-refractivity contribution in [1.29, 1.82) is 0 Å². The van der Waals surface area contributed by atoms with Crippen molar-refractivity contribution < 1.29 is 24.3 Å². The number of rotatable bonds is 11. The normalized spacial score (nSPS) is 17.4. The summed E-state index contributed by atoms with van der Waals surface area (Å²) in [5.74, 6) is -1.49. The van der Waals surface area contributed by atoms with E-state index in [0.29, 0.717) is 36.4 Å². The number of morpholine rings is 1. The molecule has 1 saturated heterocycles. The Morgan fingerprint density at radius 1 is 1.21 bits per heavy atom. The second-order valence-electron chi connectivity index (χ2n) is 9.72. The molecule has 3 amide bonds. The molecule has 0 aromatic heterocycles. The number of halogens is 1. The van der Waals surface area contributed by atoms with E-state index in [1.165, 1.54) is 0 Å². The van der Waals surface area contributed by atoms with E-state index in [0.717, 1.165) is 18.7 Å². The minimum atomic E-state index is -0.807. The third-order valence-electron chi connectivity index (χ3n) is 6.06. The fraction of sp³-hybridized carbons (Fsp3) is 0.625. The summed E-state index contributed by atoms with van der Waals surface area (Å²) in [5.41, 5.74) is 0.258. The van der Waals surface area contributed by atoms with Gasteiger partial charge in [-0.05, 0) is 36.5 Å². The standard InChI is InChI=1S/C24H37ClN4O5/c1-17(29(33)16-30)20(15-18-5-7-19(25)8-6-18)22(31)27-21(24(2,3)4)23(32)26-9-10-28-11-13-34-14-12-28/h5-8,16-17,20-21,33H,9-15H2,1-4H3,(H,26,32)(H,27,31). The van der Waals surface area contributed by atoms with E-state index < -0.39 is 29.3 Å². The monoisotopic (exact) mass is 496 g/mol. The fourth-order valence-electron chi connectivity index (χ4n) is 3.83. The van der Waals surface area contributed by atoms with Crippen LogP contribution in [0.25, 0.3) is 0 Å². The lowest BCUT2D eigenvalue weighted by Gasteiger charge is -2.34. The van der Waals surface area contributed by atoms with Crippen LogP contribution in [0.4, 0.5) is 0 Å². The number of nitrogens with one attached hydrogen (secondary N) is 2. The molecule has 3 atom stereocenters. The summed E-state index contributed by atoms with van der Waals surface area (Å²) >= 11 is 5.96.